The van der Waals surface area contributed by atoms with Gasteiger partial charge < -0.3 is 4.74 Å². The topological polar surface area (TPSA) is 60.2 Å². The van der Waals surface area contributed by atoms with Gasteiger partial charge in [0.25, 0.3) is 0 Å². The van der Waals surface area contributed by atoms with Crippen LogP contribution >= 0.6 is 22.9 Å². The van der Waals surface area contributed by atoms with Crippen molar-refractivity contribution >= 4 is 44.2 Å². The molecule has 8 heteroatoms. The summed E-state index contributed by atoms with van der Waals surface area (Å²) in [5.74, 6) is 0.801. The molecule has 2 heterocycles. The minimum absolute atomic E-state index is 0.0103. The van der Waals surface area contributed by atoms with E-state index in [4.69, 9.17) is 21.3 Å². The number of anilines is 1. The Morgan fingerprint density at radius 3 is 2.61 bits per heavy atom. The van der Waals surface area contributed by atoms with Crippen LogP contribution < -0.4 is 9.64 Å². The lowest BCUT2D eigenvalue weighted by atomic mass is 10.1. The molecular weight excluding hydrogens is 456 g/mol. The number of thiazole rings is 1. The van der Waals surface area contributed by atoms with Gasteiger partial charge in [0, 0.05) is 17.3 Å². The zero-order valence-electron chi connectivity index (χ0n) is 19.5. The molecule has 33 heavy (non-hydrogen) atoms. The zero-order valence-corrected chi connectivity index (χ0v) is 21.0. The largest absolute Gasteiger partial charge is 0.496 e. The van der Waals surface area contributed by atoms with Gasteiger partial charge in [-0.15, -0.1) is 0 Å². The second kappa shape index (κ2) is 9.53. The molecule has 0 spiro atoms. The van der Waals surface area contributed by atoms with Gasteiger partial charge in [-0.05, 0) is 68.7 Å². The fourth-order valence-electron chi connectivity index (χ4n) is 3.95. The van der Waals surface area contributed by atoms with Crippen LogP contribution in [0.2, 0.25) is 5.02 Å². The van der Waals surface area contributed by atoms with Crippen molar-refractivity contribution in [1.29, 1.82) is 0 Å². The molecule has 2 aromatic heterocycles. The highest BCUT2D eigenvalue weighted by Crippen LogP contribution is 2.34. The van der Waals surface area contributed by atoms with Gasteiger partial charge in [-0.2, -0.15) is 5.10 Å². The van der Waals surface area contributed by atoms with E-state index in [2.05, 4.69) is 5.10 Å². The van der Waals surface area contributed by atoms with Crippen LogP contribution in [0.25, 0.3) is 10.2 Å². The van der Waals surface area contributed by atoms with Crippen LogP contribution in [-0.2, 0) is 17.8 Å². The van der Waals surface area contributed by atoms with E-state index in [0.717, 1.165) is 44.0 Å². The van der Waals surface area contributed by atoms with Crippen molar-refractivity contribution in [1.82, 2.24) is 14.8 Å². The molecule has 172 valence electrons. The average molecular weight is 483 g/mol. The molecule has 0 bridgehead atoms. The number of benzene rings is 2. The van der Waals surface area contributed by atoms with Crippen molar-refractivity contribution in [2.75, 3.05) is 18.6 Å². The summed E-state index contributed by atoms with van der Waals surface area (Å²) in [5, 5.41) is 5.90. The predicted molar refractivity (Wildman–Crippen MR) is 135 cm³/mol. The van der Waals surface area contributed by atoms with Crippen LogP contribution in [0.4, 0.5) is 5.13 Å². The molecule has 6 nitrogen and oxygen atoms in total. The van der Waals surface area contributed by atoms with Crippen molar-refractivity contribution in [3.8, 4) is 5.75 Å². The van der Waals surface area contributed by atoms with Crippen LogP contribution in [-0.4, -0.2) is 34.3 Å². The van der Waals surface area contributed by atoms with Crippen molar-refractivity contribution < 1.29 is 9.53 Å². The zero-order chi connectivity index (χ0) is 23.7. The normalized spacial score (nSPS) is 11.2. The van der Waals surface area contributed by atoms with Crippen molar-refractivity contribution in [2.45, 2.75) is 40.7 Å². The van der Waals surface area contributed by atoms with Crippen molar-refractivity contribution in [3.05, 3.63) is 69.5 Å². The number of fused-ring (bicyclic) bond motifs is 1. The monoisotopic (exact) mass is 482 g/mol. The Balaban J connectivity index is 1.66. The van der Waals surface area contributed by atoms with Gasteiger partial charge in [0.1, 0.15) is 5.75 Å². The van der Waals surface area contributed by atoms with E-state index >= 15 is 0 Å². The van der Waals surface area contributed by atoms with Gasteiger partial charge in [0.2, 0.25) is 5.91 Å². The molecule has 0 aliphatic carbocycles. The van der Waals surface area contributed by atoms with Gasteiger partial charge in [0.15, 0.2) is 5.13 Å². The third-order valence-electron chi connectivity index (χ3n) is 5.72. The first-order valence-electron chi connectivity index (χ1n) is 10.8. The van der Waals surface area contributed by atoms with E-state index in [1.54, 1.807) is 12.0 Å². The Labute approximate surface area is 202 Å². The predicted octanol–water partition coefficient (Wildman–Crippen LogP) is 5.66. The SMILES string of the molecule is COc1ccc(CC(=O)N(CCn2nc(C)cc2C)c2nc3c(C)c(Cl)ccc3s2)cc1C. The highest BCUT2D eigenvalue weighted by molar-refractivity contribution is 7.22. The molecule has 4 aromatic rings. The first kappa shape index (κ1) is 23.3. The Morgan fingerprint density at radius 2 is 1.94 bits per heavy atom. The number of aryl methyl sites for hydroxylation is 4. The Hall–Kier alpha value is -2.90. The maximum absolute atomic E-state index is 13.5. The van der Waals surface area contributed by atoms with E-state index in [0.29, 0.717) is 23.2 Å². The second-order valence-electron chi connectivity index (χ2n) is 8.19. The molecule has 0 saturated heterocycles. The van der Waals surface area contributed by atoms with Gasteiger partial charge in [-0.1, -0.05) is 35.1 Å². The van der Waals surface area contributed by atoms with Crippen molar-refractivity contribution in [3.63, 3.8) is 0 Å². The van der Waals surface area contributed by atoms with Gasteiger partial charge in [0.05, 0.1) is 36.0 Å². The van der Waals surface area contributed by atoms with E-state index in [-0.39, 0.29) is 12.3 Å². The number of ether oxygens (including phenoxy) is 1. The lowest BCUT2D eigenvalue weighted by Crippen LogP contribution is -2.35. The maximum Gasteiger partial charge on any atom is 0.233 e. The average Bonchev–Trinajstić information content (AvgIpc) is 3.34. The first-order chi connectivity index (χ1) is 15.8. The van der Waals surface area contributed by atoms with E-state index in [9.17, 15) is 4.79 Å². The lowest BCUT2D eigenvalue weighted by Gasteiger charge is -2.20. The number of methoxy groups -OCH3 is 1. The van der Waals surface area contributed by atoms with Gasteiger partial charge >= 0.3 is 0 Å². The lowest BCUT2D eigenvalue weighted by molar-refractivity contribution is -0.118. The number of nitrogens with zero attached hydrogens (tertiary/aromatic N) is 4. The van der Waals surface area contributed by atoms with Crippen LogP contribution in [0.1, 0.15) is 28.1 Å². The van der Waals surface area contributed by atoms with Crippen LogP contribution in [0.3, 0.4) is 0 Å². The summed E-state index contributed by atoms with van der Waals surface area (Å²) in [6.45, 7) is 8.99. The summed E-state index contributed by atoms with van der Waals surface area (Å²) in [5.41, 5.74) is 5.74. The maximum atomic E-state index is 13.5. The Morgan fingerprint density at radius 1 is 1.15 bits per heavy atom. The summed E-state index contributed by atoms with van der Waals surface area (Å²) in [7, 11) is 1.65. The Bertz CT molecular complexity index is 1330. The number of carbonyl (C=O) groups excluding carboxylic acids is 1. The second-order valence-corrected chi connectivity index (χ2v) is 9.61. The highest BCUT2D eigenvalue weighted by atomic mass is 35.5. The number of rotatable bonds is 7. The molecule has 0 atom stereocenters. The summed E-state index contributed by atoms with van der Waals surface area (Å²) in [6.07, 6.45) is 0.275. The molecule has 0 fully saturated rings. The first-order valence-corrected chi connectivity index (χ1v) is 12.0. The molecule has 0 aliphatic rings. The number of carbonyl (C=O) groups is 1. The molecule has 2 aromatic carbocycles. The number of halogens is 1. The van der Waals surface area contributed by atoms with E-state index < -0.39 is 0 Å². The van der Waals surface area contributed by atoms with Crippen LogP contribution in [0.5, 0.6) is 5.75 Å². The van der Waals surface area contributed by atoms with Crippen LogP contribution in [0.15, 0.2) is 36.4 Å². The number of amides is 1. The summed E-state index contributed by atoms with van der Waals surface area (Å²) >= 11 is 7.82. The fraction of sp³-hybridized carbons (Fsp3) is 0.320. The summed E-state index contributed by atoms with van der Waals surface area (Å²) in [6, 6.07) is 11.7. The minimum atomic E-state index is -0.0103. The fourth-order valence-corrected chi connectivity index (χ4v) is 5.17. The smallest absolute Gasteiger partial charge is 0.233 e. The molecular formula is C25H27ClN4O2S. The highest BCUT2D eigenvalue weighted by Gasteiger charge is 2.22. The van der Waals surface area contributed by atoms with Gasteiger partial charge in [-0.3, -0.25) is 14.4 Å². The molecule has 0 unspecified atom stereocenters. The van der Waals surface area contributed by atoms with Crippen LogP contribution in [0, 0.1) is 27.7 Å². The third-order valence-corrected chi connectivity index (χ3v) is 7.17. The minimum Gasteiger partial charge on any atom is -0.496 e. The number of hydrogen-bond donors (Lipinski definition) is 0. The molecule has 4 rings (SSSR count). The standard InChI is InChI=1S/C25H27ClN4O2S/c1-15-12-19(6-8-21(15)32-5)14-23(31)29(10-11-30-17(3)13-16(2)28-30)25-27-24-18(4)20(26)7-9-22(24)33-25/h6-9,12-13H,10-11,14H2,1-5H3. The molecule has 0 aliphatic heterocycles. The molecule has 0 radical (unpaired) electrons. The summed E-state index contributed by atoms with van der Waals surface area (Å²) in [4.78, 5) is 20.1. The summed E-state index contributed by atoms with van der Waals surface area (Å²) < 4.78 is 8.30. The molecule has 0 N–H and O–H groups in total. The third kappa shape index (κ3) is 4.89. The number of aromatic nitrogens is 3. The molecule has 1 amide bonds. The number of hydrogen-bond acceptors (Lipinski definition) is 5. The van der Waals surface area contributed by atoms with E-state index in [1.807, 2.05) is 68.8 Å². The van der Waals surface area contributed by atoms with E-state index in [1.165, 1.54) is 11.3 Å². The Kier molecular flexibility index (Phi) is 6.72. The van der Waals surface area contributed by atoms with Gasteiger partial charge in [-0.25, -0.2) is 4.98 Å². The van der Waals surface area contributed by atoms with Crippen molar-refractivity contribution in [2.24, 2.45) is 0 Å². The molecule has 0 saturated carbocycles. The quantitative estimate of drug-likeness (QED) is 0.341.